The fraction of sp³-hybridized carbons (Fsp3) is 0.333. The van der Waals surface area contributed by atoms with Crippen LogP contribution in [-0.2, 0) is 0 Å². The van der Waals surface area contributed by atoms with E-state index in [-0.39, 0.29) is 0 Å². The Morgan fingerprint density at radius 2 is 2.29 bits per heavy atom. The van der Waals surface area contributed by atoms with Gasteiger partial charge >= 0.3 is 0 Å². The highest BCUT2D eigenvalue weighted by Gasteiger charge is 2.06. The van der Waals surface area contributed by atoms with Gasteiger partial charge in [-0.3, -0.25) is 0 Å². The quantitative estimate of drug-likeness (QED) is 0.672. The van der Waals surface area contributed by atoms with Gasteiger partial charge in [-0.25, -0.2) is 4.98 Å². The number of hydrogen-bond acceptors (Lipinski definition) is 2. The van der Waals surface area contributed by atoms with Gasteiger partial charge in [0, 0.05) is 6.20 Å². The molecule has 0 aromatic carbocycles. The minimum absolute atomic E-state index is 0.508. The number of allylic oxidation sites excluding steroid dienone is 2. The van der Waals surface area contributed by atoms with Crippen LogP contribution in [0.15, 0.2) is 24.4 Å². The highest BCUT2D eigenvalue weighted by atomic mass is 14.7. The van der Waals surface area contributed by atoms with Crippen molar-refractivity contribution in [1.82, 2.24) is 4.98 Å². The van der Waals surface area contributed by atoms with Gasteiger partial charge in [-0.1, -0.05) is 6.08 Å². The van der Waals surface area contributed by atoms with Crippen LogP contribution in [0.25, 0.3) is 5.57 Å². The van der Waals surface area contributed by atoms with E-state index in [4.69, 9.17) is 5.26 Å². The molecule has 0 N–H and O–H groups in total. The van der Waals surface area contributed by atoms with E-state index in [1.165, 1.54) is 24.8 Å². The molecular weight excluding hydrogens is 172 g/mol. The van der Waals surface area contributed by atoms with Gasteiger partial charge in [0.25, 0.3) is 0 Å². The SMILES string of the molecule is N#Cc1cc(C2=CCCCC2)ccn1. The number of nitrogens with zero attached hydrogens (tertiary/aromatic N) is 2. The van der Waals surface area contributed by atoms with Crippen molar-refractivity contribution in [2.24, 2.45) is 0 Å². The van der Waals surface area contributed by atoms with E-state index in [9.17, 15) is 0 Å². The van der Waals surface area contributed by atoms with Gasteiger partial charge < -0.3 is 0 Å². The maximum atomic E-state index is 8.73. The second-order valence-corrected chi connectivity index (χ2v) is 3.52. The Labute approximate surface area is 83.9 Å². The third-order valence-corrected chi connectivity index (χ3v) is 2.54. The highest BCUT2D eigenvalue weighted by molar-refractivity contribution is 5.66. The monoisotopic (exact) mass is 184 g/mol. The number of pyridine rings is 1. The first-order chi connectivity index (χ1) is 6.90. The van der Waals surface area contributed by atoms with Crippen LogP contribution in [0.5, 0.6) is 0 Å². The Morgan fingerprint density at radius 1 is 1.36 bits per heavy atom. The van der Waals surface area contributed by atoms with Crippen LogP contribution in [0.1, 0.15) is 36.9 Å². The van der Waals surface area contributed by atoms with E-state index in [0.29, 0.717) is 5.69 Å². The molecule has 0 aliphatic heterocycles. The van der Waals surface area contributed by atoms with E-state index in [0.717, 1.165) is 12.0 Å². The Bertz CT molecular complexity index is 399. The van der Waals surface area contributed by atoms with E-state index in [2.05, 4.69) is 17.1 Å². The van der Waals surface area contributed by atoms with Crippen molar-refractivity contribution in [1.29, 1.82) is 5.26 Å². The molecule has 0 unspecified atom stereocenters. The van der Waals surface area contributed by atoms with Gasteiger partial charge in [-0.2, -0.15) is 5.26 Å². The van der Waals surface area contributed by atoms with Crippen molar-refractivity contribution in [2.45, 2.75) is 25.7 Å². The van der Waals surface area contributed by atoms with Gasteiger partial charge in [-0.05, 0) is 49.0 Å². The van der Waals surface area contributed by atoms with Crippen LogP contribution in [0.2, 0.25) is 0 Å². The number of rotatable bonds is 1. The van der Waals surface area contributed by atoms with Crippen LogP contribution < -0.4 is 0 Å². The Kier molecular flexibility index (Phi) is 2.60. The number of aromatic nitrogens is 1. The zero-order valence-corrected chi connectivity index (χ0v) is 8.03. The number of hydrogen-bond donors (Lipinski definition) is 0. The molecule has 0 saturated heterocycles. The first-order valence-electron chi connectivity index (χ1n) is 4.96. The maximum absolute atomic E-state index is 8.73. The first-order valence-corrected chi connectivity index (χ1v) is 4.96. The third kappa shape index (κ3) is 1.82. The molecule has 1 aliphatic carbocycles. The summed E-state index contributed by atoms with van der Waals surface area (Å²) in [6.45, 7) is 0. The summed E-state index contributed by atoms with van der Waals surface area (Å²) in [5, 5.41) is 8.73. The molecule has 0 amide bonds. The Hall–Kier alpha value is -1.62. The normalized spacial score (nSPS) is 15.8. The minimum Gasteiger partial charge on any atom is -0.246 e. The molecule has 0 saturated carbocycles. The van der Waals surface area contributed by atoms with Gasteiger partial charge in [0.05, 0.1) is 0 Å². The molecule has 1 heterocycles. The largest absolute Gasteiger partial charge is 0.246 e. The molecule has 0 spiro atoms. The standard InChI is InChI=1S/C12H12N2/c13-9-12-8-11(6-7-14-12)10-4-2-1-3-5-10/h4,6-8H,1-3,5H2. The summed E-state index contributed by atoms with van der Waals surface area (Å²) in [6, 6.07) is 5.92. The molecule has 1 aromatic heterocycles. The maximum Gasteiger partial charge on any atom is 0.141 e. The Balaban J connectivity index is 2.32. The molecule has 0 radical (unpaired) electrons. The van der Waals surface area contributed by atoms with E-state index in [1.807, 2.05) is 12.1 Å². The lowest BCUT2D eigenvalue weighted by atomic mass is 9.94. The molecule has 0 fully saturated rings. The van der Waals surface area contributed by atoms with Crippen LogP contribution in [-0.4, -0.2) is 4.98 Å². The first kappa shape index (κ1) is 8.96. The average molecular weight is 184 g/mol. The van der Waals surface area contributed by atoms with E-state index in [1.54, 1.807) is 6.20 Å². The van der Waals surface area contributed by atoms with Gasteiger partial charge in [-0.15, -0.1) is 0 Å². The lowest BCUT2D eigenvalue weighted by Crippen LogP contribution is -1.93. The lowest BCUT2D eigenvalue weighted by molar-refractivity contribution is 0.742. The van der Waals surface area contributed by atoms with Crippen molar-refractivity contribution in [2.75, 3.05) is 0 Å². The average Bonchev–Trinajstić information content (AvgIpc) is 2.30. The second-order valence-electron chi connectivity index (χ2n) is 3.52. The van der Waals surface area contributed by atoms with Gasteiger partial charge in [0.15, 0.2) is 0 Å². The molecule has 2 nitrogen and oxygen atoms in total. The van der Waals surface area contributed by atoms with Crippen molar-refractivity contribution < 1.29 is 0 Å². The van der Waals surface area contributed by atoms with Crippen LogP contribution >= 0.6 is 0 Å². The molecular formula is C12H12N2. The van der Waals surface area contributed by atoms with Crippen molar-refractivity contribution in [3.63, 3.8) is 0 Å². The predicted molar refractivity (Wildman–Crippen MR) is 55.4 cm³/mol. The molecule has 0 atom stereocenters. The topological polar surface area (TPSA) is 36.7 Å². The summed E-state index contributed by atoms with van der Waals surface area (Å²) < 4.78 is 0. The molecule has 1 aromatic rings. The third-order valence-electron chi connectivity index (χ3n) is 2.54. The zero-order valence-electron chi connectivity index (χ0n) is 8.03. The van der Waals surface area contributed by atoms with Crippen LogP contribution in [0.4, 0.5) is 0 Å². The molecule has 70 valence electrons. The van der Waals surface area contributed by atoms with Crippen molar-refractivity contribution in [3.05, 3.63) is 35.7 Å². The zero-order chi connectivity index (χ0) is 9.80. The number of nitriles is 1. The molecule has 14 heavy (non-hydrogen) atoms. The lowest BCUT2D eigenvalue weighted by Gasteiger charge is -2.12. The Morgan fingerprint density at radius 3 is 3.00 bits per heavy atom. The van der Waals surface area contributed by atoms with Gasteiger partial charge in [0.1, 0.15) is 11.8 Å². The van der Waals surface area contributed by atoms with Crippen LogP contribution in [0.3, 0.4) is 0 Å². The summed E-state index contributed by atoms with van der Waals surface area (Å²) in [5.41, 5.74) is 3.04. The molecule has 2 rings (SSSR count). The van der Waals surface area contributed by atoms with Gasteiger partial charge in [0.2, 0.25) is 0 Å². The van der Waals surface area contributed by atoms with Crippen LogP contribution in [0, 0.1) is 11.3 Å². The minimum atomic E-state index is 0.508. The van der Waals surface area contributed by atoms with Crippen molar-refractivity contribution >= 4 is 5.57 Å². The smallest absolute Gasteiger partial charge is 0.141 e. The summed E-state index contributed by atoms with van der Waals surface area (Å²) in [7, 11) is 0. The fourth-order valence-corrected chi connectivity index (χ4v) is 1.79. The molecule has 0 bridgehead atoms. The fourth-order valence-electron chi connectivity index (χ4n) is 1.79. The molecule has 1 aliphatic rings. The highest BCUT2D eigenvalue weighted by Crippen LogP contribution is 2.26. The molecule has 2 heteroatoms. The van der Waals surface area contributed by atoms with Crippen molar-refractivity contribution in [3.8, 4) is 6.07 Å². The predicted octanol–water partition coefficient (Wildman–Crippen LogP) is 2.91. The summed E-state index contributed by atoms with van der Waals surface area (Å²) in [4.78, 5) is 3.96. The van der Waals surface area contributed by atoms with E-state index >= 15 is 0 Å². The summed E-state index contributed by atoms with van der Waals surface area (Å²) >= 11 is 0. The van der Waals surface area contributed by atoms with E-state index < -0.39 is 0 Å². The summed E-state index contributed by atoms with van der Waals surface area (Å²) in [5.74, 6) is 0. The second kappa shape index (κ2) is 4.06. The summed E-state index contributed by atoms with van der Waals surface area (Å²) in [6.07, 6.45) is 8.84.